The van der Waals surface area contributed by atoms with E-state index < -0.39 is 6.04 Å². The molecule has 2 heterocycles. The van der Waals surface area contributed by atoms with Crippen LogP contribution in [0.15, 0.2) is 24.3 Å². The van der Waals surface area contributed by atoms with Crippen LogP contribution in [0.5, 0.6) is 0 Å². The van der Waals surface area contributed by atoms with Crippen LogP contribution in [0.4, 0.5) is 4.39 Å². The molecular weight excluding hydrogens is 295 g/mol. The highest BCUT2D eigenvalue weighted by molar-refractivity contribution is 6.30. The van der Waals surface area contributed by atoms with Crippen molar-refractivity contribution in [3.8, 4) is 11.4 Å². The summed E-state index contributed by atoms with van der Waals surface area (Å²) < 4.78 is 19.8. The molecule has 110 valence electrons. The number of benzene rings is 1. The van der Waals surface area contributed by atoms with E-state index in [1.165, 1.54) is 19.2 Å². The third-order valence-electron chi connectivity index (χ3n) is 3.74. The van der Waals surface area contributed by atoms with Gasteiger partial charge in [0.15, 0.2) is 5.15 Å². The number of hydrogen-bond acceptors (Lipinski definition) is 3. The molecule has 1 aliphatic heterocycles. The van der Waals surface area contributed by atoms with E-state index in [0.29, 0.717) is 17.4 Å². The molecule has 0 bridgehead atoms. The maximum atomic E-state index is 13.1. The molecule has 0 spiro atoms. The number of carbonyl (C=O) groups is 1. The highest BCUT2D eigenvalue weighted by atomic mass is 35.5. The van der Waals surface area contributed by atoms with Crippen LogP contribution in [0.3, 0.4) is 0 Å². The number of carbonyl (C=O) groups excluding carboxylic acids is 1. The van der Waals surface area contributed by atoms with Crippen LogP contribution in [-0.2, 0) is 16.0 Å². The summed E-state index contributed by atoms with van der Waals surface area (Å²) in [6.45, 7) is 0. The quantitative estimate of drug-likeness (QED) is 0.799. The lowest BCUT2D eigenvalue weighted by atomic mass is 10.0. The van der Waals surface area contributed by atoms with Crippen molar-refractivity contribution in [2.24, 2.45) is 0 Å². The zero-order chi connectivity index (χ0) is 15.0. The van der Waals surface area contributed by atoms with Crippen LogP contribution in [-0.4, -0.2) is 22.6 Å². The molecule has 0 amide bonds. The van der Waals surface area contributed by atoms with Gasteiger partial charge in [-0.15, -0.1) is 0 Å². The van der Waals surface area contributed by atoms with Crippen molar-refractivity contribution >= 4 is 17.6 Å². The Kier molecular flexibility index (Phi) is 3.68. The number of esters is 1. The van der Waals surface area contributed by atoms with E-state index >= 15 is 0 Å². The molecule has 0 radical (unpaired) electrons. The first-order valence-electron chi connectivity index (χ1n) is 6.72. The Morgan fingerprint density at radius 3 is 2.81 bits per heavy atom. The summed E-state index contributed by atoms with van der Waals surface area (Å²) in [5, 5.41) is 0.392. The first-order chi connectivity index (χ1) is 10.1. The Bertz CT molecular complexity index is 682. The van der Waals surface area contributed by atoms with Gasteiger partial charge in [-0.2, -0.15) is 0 Å². The third kappa shape index (κ3) is 2.42. The zero-order valence-electron chi connectivity index (χ0n) is 11.5. The number of fused-ring (bicyclic) bond motifs is 1. The van der Waals surface area contributed by atoms with Gasteiger partial charge in [0.05, 0.1) is 12.8 Å². The summed E-state index contributed by atoms with van der Waals surface area (Å²) >= 11 is 6.20. The molecule has 0 aliphatic carbocycles. The summed E-state index contributed by atoms with van der Waals surface area (Å²) in [6, 6.07) is 5.55. The molecule has 1 atom stereocenters. The summed E-state index contributed by atoms with van der Waals surface area (Å²) in [4.78, 5) is 16.4. The van der Waals surface area contributed by atoms with Gasteiger partial charge < -0.3 is 9.30 Å². The topological polar surface area (TPSA) is 44.1 Å². The second kappa shape index (κ2) is 5.48. The summed E-state index contributed by atoms with van der Waals surface area (Å²) in [5.74, 6) is -0.0572. The Labute approximate surface area is 126 Å². The minimum absolute atomic E-state index is 0.312. The molecule has 4 nitrogen and oxygen atoms in total. The summed E-state index contributed by atoms with van der Waals surface area (Å²) in [6.07, 6.45) is 2.30. The number of nitrogens with zero attached hydrogens (tertiary/aromatic N) is 2. The Balaban J connectivity index is 2.14. The normalized spacial score (nSPS) is 17.4. The van der Waals surface area contributed by atoms with E-state index in [2.05, 4.69) is 4.98 Å². The smallest absolute Gasteiger partial charge is 0.328 e. The van der Waals surface area contributed by atoms with E-state index in [9.17, 15) is 9.18 Å². The summed E-state index contributed by atoms with van der Waals surface area (Å²) in [7, 11) is 1.37. The molecular formula is C15H14ClFN2O2. The van der Waals surface area contributed by atoms with Crippen molar-refractivity contribution in [2.75, 3.05) is 7.11 Å². The molecule has 3 rings (SSSR count). The largest absolute Gasteiger partial charge is 0.467 e. The van der Waals surface area contributed by atoms with Crippen LogP contribution in [0.1, 0.15) is 24.6 Å². The van der Waals surface area contributed by atoms with Crippen molar-refractivity contribution in [1.29, 1.82) is 0 Å². The van der Waals surface area contributed by atoms with Crippen LogP contribution >= 0.6 is 11.6 Å². The van der Waals surface area contributed by atoms with Crippen LogP contribution in [0, 0.1) is 5.82 Å². The van der Waals surface area contributed by atoms with Gasteiger partial charge >= 0.3 is 5.97 Å². The van der Waals surface area contributed by atoms with E-state index in [4.69, 9.17) is 16.3 Å². The molecule has 6 heteroatoms. The van der Waals surface area contributed by atoms with Gasteiger partial charge in [-0.3, -0.25) is 0 Å². The summed E-state index contributed by atoms with van der Waals surface area (Å²) in [5.41, 5.74) is 1.55. The molecule has 1 aromatic carbocycles. The lowest BCUT2D eigenvalue weighted by molar-refractivity contribution is -0.145. The number of aromatic nitrogens is 2. The van der Waals surface area contributed by atoms with Crippen molar-refractivity contribution in [2.45, 2.75) is 25.3 Å². The zero-order valence-corrected chi connectivity index (χ0v) is 12.2. The van der Waals surface area contributed by atoms with Gasteiger partial charge in [0, 0.05) is 5.56 Å². The fourth-order valence-corrected chi connectivity index (χ4v) is 3.02. The Hall–Kier alpha value is -1.88. The molecule has 1 unspecified atom stereocenters. The van der Waals surface area contributed by atoms with Crippen molar-refractivity contribution in [1.82, 2.24) is 9.55 Å². The van der Waals surface area contributed by atoms with Gasteiger partial charge in [0.1, 0.15) is 17.7 Å². The highest BCUT2D eigenvalue weighted by Crippen LogP contribution is 2.36. The van der Waals surface area contributed by atoms with Gasteiger partial charge in [0.2, 0.25) is 0 Å². The van der Waals surface area contributed by atoms with E-state index in [-0.39, 0.29) is 11.8 Å². The second-order valence-electron chi connectivity index (χ2n) is 4.98. The number of halogens is 2. The lowest BCUT2D eigenvalue weighted by Crippen LogP contribution is -2.26. The Morgan fingerprint density at radius 1 is 1.43 bits per heavy atom. The number of methoxy groups -OCH3 is 1. The monoisotopic (exact) mass is 308 g/mol. The fraction of sp³-hybridized carbons (Fsp3) is 0.333. The van der Waals surface area contributed by atoms with Gasteiger partial charge in [-0.05, 0) is 43.5 Å². The number of imidazole rings is 1. The van der Waals surface area contributed by atoms with Crippen LogP contribution < -0.4 is 0 Å². The number of hydrogen-bond donors (Lipinski definition) is 0. The van der Waals surface area contributed by atoms with Gasteiger partial charge in [0.25, 0.3) is 0 Å². The fourth-order valence-electron chi connectivity index (χ4n) is 2.75. The van der Waals surface area contributed by atoms with Gasteiger partial charge in [-0.25, -0.2) is 14.2 Å². The van der Waals surface area contributed by atoms with E-state index in [0.717, 1.165) is 24.1 Å². The molecule has 1 aromatic heterocycles. The van der Waals surface area contributed by atoms with Gasteiger partial charge in [-0.1, -0.05) is 11.6 Å². The minimum atomic E-state index is -0.432. The van der Waals surface area contributed by atoms with E-state index in [1.807, 2.05) is 4.57 Å². The second-order valence-corrected chi connectivity index (χ2v) is 5.34. The Morgan fingerprint density at radius 2 is 2.14 bits per heavy atom. The third-order valence-corrected chi connectivity index (χ3v) is 4.04. The maximum absolute atomic E-state index is 13.1. The van der Waals surface area contributed by atoms with Crippen LogP contribution in [0.25, 0.3) is 11.4 Å². The SMILES string of the molecule is COC(=O)C1CCCc2c(Cl)nc(-c3ccc(F)cc3)n21. The number of ether oxygens (including phenoxy) is 1. The van der Waals surface area contributed by atoms with Crippen molar-refractivity contribution in [3.05, 3.63) is 40.9 Å². The average molecular weight is 309 g/mol. The minimum Gasteiger partial charge on any atom is -0.467 e. The van der Waals surface area contributed by atoms with Crippen molar-refractivity contribution in [3.63, 3.8) is 0 Å². The molecule has 0 N–H and O–H groups in total. The van der Waals surface area contributed by atoms with Crippen LogP contribution in [0.2, 0.25) is 5.15 Å². The van der Waals surface area contributed by atoms with E-state index in [1.54, 1.807) is 12.1 Å². The predicted octanol–water partition coefficient (Wildman–Crippen LogP) is 3.39. The molecule has 0 saturated carbocycles. The highest BCUT2D eigenvalue weighted by Gasteiger charge is 2.32. The molecule has 21 heavy (non-hydrogen) atoms. The average Bonchev–Trinajstić information content (AvgIpc) is 2.85. The molecule has 1 aliphatic rings. The molecule has 2 aromatic rings. The predicted molar refractivity (Wildman–Crippen MR) is 76.6 cm³/mol. The first-order valence-corrected chi connectivity index (χ1v) is 7.10. The number of rotatable bonds is 2. The molecule has 0 fully saturated rings. The van der Waals surface area contributed by atoms with Crippen molar-refractivity contribution < 1.29 is 13.9 Å². The maximum Gasteiger partial charge on any atom is 0.328 e. The standard InChI is InChI=1S/C15H14ClFN2O2/c1-21-15(20)12-4-2-3-11-13(16)18-14(19(11)12)9-5-7-10(17)8-6-9/h5-8,12H,2-4H2,1H3. The first kappa shape index (κ1) is 14.1. The lowest BCUT2D eigenvalue weighted by Gasteiger charge is -2.25. The molecule has 0 saturated heterocycles.